The zero-order chi connectivity index (χ0) is 11.4. The summed E-state index contributed by atoms with van der Waals surface area (Å²) in [5, 5.41) is 9.91. The molecule has 0 aliphatic carbocycles. The summed E-state index contributed by atoms with van der Waals surface area (Å²) in [5.41, 5.74) is 0.554. The average molecular weight is 222 g/mol. The second-order valence-corrected chi connectivity index (χ2v) is 4.30. The number of nitrogens with zero attached hydrogens (tertiary/aromatic N) is 2. The zero-order valence-electron chi connectivity index (χ0n) is 9.57. The molecule has 0 saturated carbocycles. The lowest BCUT2D eigenvalue weighted by molar-refractivity contribution is 0.0769. The summed E-state index contributed by atoms with van der Waals surface area (Å²) in [6.45, 7) is 1.83. The standard InChI is InChI=1S/C11H18N4O/c1-15(8-9-4-2-3-6-12-9)11(16)10-5-7-13-14-10/h5,7,9,12H,2-4,6,8H2,1H3,(H,13,14). The minimum atomic E-state index is 0.00451. The Hall–Kier alpha value is -1.36. The molecule has 1 fully saturated rings. The highest BCUT2D eigenvalue weighted by molar-refractivity contribution is 5.91. The molecule has 5 heteroatoms. The SMILES string of the molecule is CN(CC1CCCCN1)C(=O)c1ccn[nH]1. The number of aromatic nitrogens is 2. The Balaban J connectivity index is 1.87. The lowest BCUT2D eigenvalue weighted by Gasteiger charge is -2.27. The van der Waals surface area contributed by atoms with Crippen LogP contribution in [0.15, 0.2) is 12.3 Å². The summed E-state index contributed by atoms with van der Waals surface area (Å²) in [7, 11) is 1.83. The molecule has 1 aliphatic rings. The van der Waals surface area contributed by atoms with Crippen molar-refractivity contribution >= 4 is 5.91 Å². The molecule has 1 aromatic rings. The number of aromatic amines is 1. The predicted molar refractivity (Wildman–Crippen MR) is 61.2 cm³/mol. The molecule has 0 aromatic carbocycles. The third kappa shape index (κ3) is 2.61. The summed E-state index contributed by atoms with van der Waals surface area (Å²) in [6.07, 6.45) is 5.25. The largest absolute Gasteiger partial charge is 0.339 e. The maximum Gasteiger partial charge on any atom is 0.271 e. The number of hydrogen-bond donors (Lipinski definition) is 2. The van der Waals surface area contributed by atoms with E-state index in [1.165, 1.54) is 12.8 Å². The smallest absolute Gasteiger partial charge is 0.271 e. The van der Waals surface area contributed by atoms with Crippen LogP contribution in [0, 0.1) is 0 Å². The summed E-state index contributed by atoms with van der Waals surface area (Å²) in [4.78, 5) is 13.7. The lowest BCUT2D eigenvalue weighted by atomic mass is 10.0. The van der Waals surface area contributed by atoms with E-state index in [4.69, 9.17) is 0 Å². The van der Waals surface area contributed by atoms with E-state index in [2.05, 4.69) is 15.5 Å². The quantitative estimate of drug-likeness (QED) is 0.788. The first-order valence-electron chi connectivity index (χ1n) is 5.75. The van der Waals surface area contributed by atoms with Gasteiger partial charge in [0.2, 0.25) is 0 Å². The molecular formula is C11H18N4O. The summed E-state index contributed by atoms with van der Waals surface area (Å²) in [6, 6.07) is 2.14. The van der Waals surface area contributed by atoms with Gasteiger partial charge in [0.15, 0.2) is 0 Å². The van der Waals surface area contributed by atoms with E-state index in [9.17, 15) is 4.79 Å². The van der Waals surface area contributed by atoms with Crippen molar-refractivity contribution in [3.05, 3.63) is 18.0 Å². The minimum absolute atomic E-state index is 0.00451. The Morgan fingerprint density at radius 1 is 1.62 bits per heavy atom. The van der Waals surface area contributed by atoms with E-state index in [-0.39, 0.29) is 5.91 Å². The van der Waals surface area contributed by atoms with E-state index >= 15 is 0 Å². The first kappa shape index (κ1) is 11.1. The van der Waals surface area contributed by atoms with Gasteiger partial charge in [0, 0.05) is 25.8 Å². The molecule has 0 bridgehead atoms. The molecule has 2 rings (SSSR count). The molecule has 1 aromatic heterocycles. The van der Waals surface area contributed by atoms with E-state index in [1.807, 2.05) is 7.05 Å². The number of likely N-dealkylation sites (N-methyl/N-ethyl adjacent to an activating group) is 1. The Bertz CT molecular complexity index is 330. The number of carbonyl (C=O) groups is 1. The molecule has 1 aliphatic heterocycles. The molecule has 0 spiro atoms. The Morgan fingerprint density at radius 2 is 2.50 bits per heavy atom. The van der Waals surface area contributed by atoms with Gasteiger partial charge in [-0.05, 0) is 25.5 Å². The van der Waals surface area contributed by atoms with Crippen molar-refractivity contribution in [1.82, 2.24) is 20.4 Å². The van der Waals surface area contributed by atoms with Gasteiger partial charge in [0.25, 0.3) is 5.91 Å². The van der Waals surface area contributed by atoms with Gasteiger partial charge < -0.3 is 10.2 Å². The second kappa shape index (κ2) is 5.12. The van der Waals surface area contributed by atoms with Crippen LogP contribution in [0.3, 0.4) is 0 Å². The van der Waals surface area contributed by atoms with E-state index in [0.29, 0.717) is 11.7 Å². The van der Waals surface area contributed by atoms with Gasteiger partial charge in [-0.1, -0.05) is 6.42 Å². The van der Waals surface area contributed by atoms with Crippen LogP contribution < -0.4 is 5.32 Å². The third-order valence-electron chi connectivity index (χ3n) is 2.98. The van der Waals surface area contributed by atoms with Crippen molar-refractivity contribution < 1.29 is 4.79 Å². The normalized spacial score (nSPS) is 20.7. The van der Waals surface area contributed by atoms with Crippen molar-refractivity contribution in [1.29, 1.82) is 0 Å². The maximum atomic E-state index is 11.9. The Morgan fingerprint density at radius 3 is 3.12 bits per heavy atom. The summed E-state index contributed by atoms with van der Waals surface area (Å²) >= 11 is 0. The molecule has 0 radical (unpaired) electrons. The molecule has 88 valence electrons. The minimum Gasteiger partial charge on any atom is -0.339 e. The highest BCUT2D eigenvalue weighted by Gasteiger charge is 2.19. The van der Waals surface area contributed by atoms with Crippen LogP contribution in [0.25, 0.3) is 0 Å². The van der Waals surface area contributed by atoms with Crippen molar-refractivity contribution in [3.8, 4) is 0 Å². The summed E-state index contributed by atoms with van der Waals surface area (Å²) in [5.74, 6) is 0.00451. The summed E-state index contributed by atoms with van der Waals surface area (Å²) < 4.78 is 0. The van der Waals surface area contributed by atoms with E-state index < -0.39 is 0 Å². The van der Waals surface area contributed by atoms with Gasteiger partial charge in [0.1, 0.15) is 5.69 Å². The van der Waals surface area contributed by atoms with Crippen LogP contribution in [-0.4, -0.2) is 47.2 Å². The van der Waals surface area contributed by atoms with Crippen LogP contribution in [0.5, 0.6) is 0 Å². The van der Waals surface area contributed by atoms with Gasteiger partial charge in [-0.15, -0.1) is 0 Å². The van der Waals surface area contributed by atoms with Crippen molar-refractivity contribution in [2.24, 2.45) is 0 Å². The molecule has 2 heterocycles. The molecule has 1 amide bonds. The highest BCUT2D eigenvalue weighted by Crippen LogP contribution is 2.09. The number of carbonyl (C=O) groups excluding carboxylic acids is 1. The van der Waals surface area contributed by atoms with Gasteiger partial charge in [-0.25, -0.2) is 0 Å². The van der Waals surface area contributed by atoms with Crippen LogP contribution in [0.2, 0.25) is 0 Å². The van der Waals surface area contributed by atoms with Crippen molar-refractivity contribution in [3.63, 3.8) is 0 Å². The number of hydrogen-bond acceptors (Lipinski definition) is 3. The molecular weight excluding hydrogens is 204 g/mol. The first-order chi connectivity index (χ1) is 7.77. The predicted octanol–water partition coefficient (Wildman–Crippen LogP) is 0.624. The number of nitrogens with one attached hydrogen (secondary N) is 2. The monoisotopic (exact) mass is 222 g/mol. The van der Waals surface area contributed by atoms with Crippen molar-refractivity contribution in [2.75, 3.05) is 20.1 Å². The van der Waals surface area contributed by atoms with E-state index in [0.717, 1.165) is 19.5 Å². The van der Waals surface area contributed by atoms with Gasteiger partial charge >= 0.3 is 0 Å². The van der Waals surface area contributed by atoms with Crippen LogP contribution in [-0.2, 0) is 0 Å². The zero-order valence-corrected chi connectivity index (χ0v) is 9.57. The van der Waals surface area contributed by atoms with Gasteiger partial charge in [0.05, 0.1) is 0 Å². The fourth-order valence-electron chi connectivity index (χ4n) is 2.07. The fraction of sp³-hybridized carbons (Fsp3) is 0.636. The number of piperidine rings is 1. The number of rotatable bonds is 3. The average Bonchev–Trinajstić information content (AvgIpc) is 2.83. The molecule has 2 N–H and O–H groups in total. The molecule has 1 saturated heterocycles. The van der Waals surface area contributed by atoms with E-state index in [1.54, 1.807) is 17.2 Å². The van der Waals surface area contributed by atoms with Crippen molar-refractivity contribution in [2.45, 2.75) is 25.3 Å². The molecule has 16 heavy (non-hydrogen) atoms. The van der Waals surface area contributed by atoms with Crippen LogP contribution in [0.1, 0.15) is 29.8 Å². The topological polar surface area (TPSA) is 61.0 Å². The number of H-pyrrole nitrogens is 1. The Labute approximate surface area is 95.2 Å². The molecule has 1 atom stereocenters. The Kier molecular flexibility index (Phi) is 3.56. The highest BCUT2D eigenvalue weighted by atomic mass is 16.2. The lowest BCUT2D eigenvalue weighted by Crippen LogP contribution is -2.44. The fourth-order valence-corrected chi connectivity index (χ4v) is 2.07. The van der Waals surface area contributed by atoms with Gasteiger partial charge in [-0.2, -0.15) is 5.10 Å². The number of amides is 1. The van der Waals surface area contributed by atoms with Crippen LogP contribution >= 0.6 is 0 Å². The van der Waals surface area contributed by atoms with Crippen LogP contribution in [0.4, 0.5) is 0 Å². The van der Waals surface area contributed by atoms with Gasteiger partial charge in [-0.3, -0.25) is 9.89 Å². The first-order valence-corrected chi connectivity index (χ1v) is 5.75. The second-order valence-electron chi connectivity index (χ2n) is 4.30. The maximum absolute atomic E-state index is 11.9. The third-order valence-corrected chi connectivity index (χ3v) is 2.98. The molecule has 5 nitrogen and oxygen atoms in total. The molecule has 1 unspecified atom stereocenters.